The van der Waals surface area contributed by atoms with Crippen LogP contribution >= 0.6 is 0 Å². The van der Waals surface area contributed by atoms with Crippen LogP contribution in [0.15, 0.2) is 0 Å². The number of amides is 1. The van der Waals surface area contributed by atoms with Crippen molar-refractivity contribution in [1.29, 1.82) is 0 Å². The molecule has 1 spiro atoms. The summed E-state index contributed by atoms with van der Waals surface area (Å²) in [7, 11) is 0. The molecule has 1 aliphatic carbocycles. The standard InChI is InChI=1S/C13H23N2O2.Al.2H/c1-12(2,3)17-11(16)15-7-6-13(4-5-13)8-10(15)9-14;;;/h10,14H,4-9H2,1-3H3;;;/q-1;+1;;/t10-;;;/m0.../s1. The Morgan fingerprint density at radius 1 is 1.44 bits per heavy atom. The zero-order valence-electron chi connectivity index (χ0n) is 12.1. The molecule has 1 heterocycles. The predicted octanol–water partition coefficient (Wildman–Crippen LogP) is 1.30. The van der Waals surface area contributed by atoms with Crippen molar-refractivity contribution in [2.45, 2.75) is 58.1 Å². The van der Waals surface area contributed by atoms with Crippen LogP contribution in [0.3, 0.4) is 0 Å². The summed E-state index contributed by atoms with van der Waals surface area (Å²) in [6.45, 7) is 7.57. The van der Waals surface area contributed by atoms with Gasteiger partial charge in [0.2, 0.25) is 0 Å². The molecular weight excluding hydrogens is 243 g/mol. The third-order valence-corrected chi connectivity index (χ3v) is 4.43. The average Bonchev–Trinajstić information content (AvgIpc) is 2.95. The summed E-state index contributed by atoms with van der Waals surface area (Å²) in [4.78, 5) is 14.2. The van der Waals surface area contributed by atoms with E-state index in [1.807, 2.05) is 25.7 Å². The van der Waals surface area contributed by atoms with Gasteiger partial charge in [0.1, 0.15) is 5.60 Å². The second-order valence-corrected chi connectivity index (χ2v) is 7.55. The van der Waals surface area contributed by atoms with Crippen molar-refractivity contribution < 1.29 is 9.53 Å². The third-order valence-electron chi connectivity index (χ3n) is 4.02. The number of ether oxygens (including phenoxy) is 1. The van der Waals surface area contributed by atoms with Crippen LogP contribution in [0.1, 0.15) is 46.5 Å². The molecule has 0 aromatic rings. The molecule has 0 aromatic carbocycles. The van der Waals surface area contributed by atoms with E-state index >= 15 is 0 Å². The molecule has 1 amide bonds. The highest BCUT2D eigenvalue weighted by Gasteiger charge is 2.49. The summed E-state index contributed by atoms with van der Waals surface area (Å²) >= 11 is 0.978. The lowest BCUT2D eigenvalue weighted by molar-refractivity contribution is 0.00359. The molecule has 4 nitrogen and oxygen atoms in total. The number of rotatable bonds is 2. The zero-order valence-corrected chi connectivity index (χ0v) is 14.1. The van der Waals surface area contributed by atoms with Crippen LogP contribution in [-0.2, 0) is 4.74 Å². The number of hydrogen-bond donors (Lipinski definition) is 1. The van der Waals surface area contributed by atoms with Crippen molar-refractivity contribution in [2.75, 3.05) is 13.1 Å². The molecule has 0 bridgehead atoms. The van der Waals surface area contributed by atoms with Crippen LogP contribution < -0.4 is 4.30 Å². The molecule has 0 radical (unpaired) electrons. The summed E-state index contributed by atoms with van der Waals surface area (Å²) in [5, 5.41) is 0. The number of hydrogen-bond acceptors (Lipinski definition) is 3. The van der Waals surface area contributed by atoms with Gasteiger partial charge in [0.05, 0.1) is 0 Å². The molecule has 2 rings (SSSR count). The fourth-order valence-electron chi connectivity index (χ4n) is 2.86. The number of nitrogens with zero attached hydrogens (tertiary/aromatic N) is 1. The first-order valence-corrected chi connectivity index (χ1v) is 7.99. The van der Waals surface area contributed by atoms with Gasteiger partial charge in [-0.3, -0.25) is 0 Å². The Kier molecular flexibility index (Phi) is 3.97. The van der Waals surface area contributed by atoms with Crippen molar-refractivity contribution in [3.05, 3.63) is 0 Å². The first-order chi connectivity index (χ1) is 8.35. The normalized spacial score (nSPS) is 26.2. The lowest BCUT2D eigenvalue weighted by atomic mass is 9.88. The first kappa shape index (κ1) is 14.2. The van der Waals surface area contributed by atoms with Crippen LogP contribution in [0.4, 0.5) is 4.79 Å². The Hall–Kier alpha value is -0.238. The summed E-state index contributed by atoms with van der Waals surface area (Å²) in [5.41, 5.74) is 0.173. The summed E-state index contributed by atoms with van der Waals surface area (Å²) in [5.74, 6) is 0. The van der Waals surface area contributed by atoms with Gasteiger partial charge in [0, 0.05) is 12.6 Å². The quantitative estimate of drug-likeness (QED) is 0.768. The number of carbonyl (C=O) groups excluding carboxylic acids is 1. The largest absolute Gasteiger partial charge is 0.444 e. The number of likely N-dealkylation sites (tertiary alicyclic amines) is 1. The highest BCUT2D eigenvalue weighted by molar-refractivity contribution is 6.04. The van der Waals surface area contributed by atoms with E-state index < -0.39 is 5.60 Å². The highest BCUT2D eigenvalue weighted by Crippen LogP contribution is 2.55. The van der Waals surface area contributed by atoms with Gasteiger partial charge < -0.3 is 13.9 Å². The van der Waals surface area contributed by atoms with Gasteiger partial charge in [-0.1, -0.05) is 0 Å². The van der Waals surface area contributed by atoms with Gasteiger partial charge in [0.25, 0.3) is 0 Å². The van der Waals surface area contributed by atoms with E-state index in [2.05, 4.69) is 4.30 Å². The minimum absolute atomic E-state index is 0.139. The van der Waals surface area contributed by atoms with Crippen LogP contribution in [-0.4, -0.2) is 52.2 Å². The fraction of sp³-hybridized carbons (Fsp3) is 0.923. The van der Waals surface area contributed by atoms with E-state index in [1.165, 1.54) is 12.8 Å². The molecule has 1 atom stereocenters. The Morgan fingerprint density at radius 3 is 2.61 bits per heavy atom. The number of piperidine rings is 1. The van der Waals surface area contributed by atoms with E-state index in [4.69, 9.17) is 4.74 Å². The minimum Gasteiger partial charge on any atom is -0.444 e. The van der Waals surface area contributed by atoms with E-state index in [-0.39, 0.29) is 6.09 Å². The van der Waals surface area contributed by atoms with E-state index in [1.54, 1.807) is 0 Å². The maximum absolute atomic E-state index is 12.2. The molecule has 1 aliphatic heterocycles. The molecule has 18 heavy (non-hydrogen) atoms. The number of carbonyl (C=O) groups is 1. The van der Waals surface area contributed by atoms with Crippen molar-refractivity contribution >= 4 is 22.6 Å². The van der Waals surface area contributed by atoms with Gasteiger partial charge in [0.15, 0.2) is 0 Å². The van der Waals surface area contributed by atoms with Crippen molar-refractivity contribution in [3.63, 3.8) is 0 Å². The zero-order chi connectivity index (χ0) is 13.4. The van der Waals surface area contributed by atoms with E-state index in [9.17, 15) is 4.79 Å². The Morgan fingerprint density at radius 2 is 2.11 bits per heavy atom. The lowest BCUT2D eigenvalue weighted by Crippen LogP contribution is -2.52. The molecule has 2 fully saturated rings. The van der Waals surface area contributed by atoms with Crippen LogP contribution in [0.2, 0.25) is 0 Å². The molecule has 1 saturated heterocycles. The second-order valence-electron chi connectivity index (χ2n) is 6.84. The molecule has 5 heteroatoms. The Labute approximate surface area is 118 Å². The van der Waals surface area contributed by atoms with Gasteiger partial charge >= 0.3 is 22.6 Å². The Balaban J connectivity index is 1.99. The lowest BCUT2D eigenvalue weighted by Gasteiger charge is -2.40. The molecule has 0 aromatic heterocycles. The van der Waals surface area contributed by atoms with Gasteiger partial charge in [-0.2, -0.15) is 0 Å². The van der Waals surface area contributed by atoms with Crippen LogP contribution in [0.25, 0.3) is 0 Å². The summed E-state index contributed by atoms with van der Waals surface area (Å²) in [6.07, 6.45) is 4.88. The highest BCUT2D eigenvalue weighted by atomic mass is 27.1. The molecule has 1 saturated carbocycles. The van der Waals surface area contributed by atoms with Crippen LogP contribution in [0.5, 0.6) is 0 Å². The molecule has 0 unspecified atom stereocenters. The predicted molar refractivity (Wildman–Crippen MR) is 74.2 cm³/mol. The second kappa shape index (κ2) is 5.03. The maximum atomic E-state index is 12.2. The first-order valence-electron chi connectivity index (χ1n) is 6.99. The number of nitrogens with one attached hydrogen (secondary N) is 1. The molecule has 2 aliphatic rings. The summed E-state index contributed by atoms with van der Waals surface area (Å²) < 4.78 is 8.85. The molecule has 102 valence electrons. The van der Waals surface area contributed by atoms with E-state index in [0.29, 0.717) is 11.5 Å². The maximum Gasteiger partial charge on any atom is 0.410 e. The minimum atomic E-state index is -0.398. The fourth-order valence-corrected chi connectivity index (χ4v) is 3.33. The van der Waals surface area contributed by atoms with Crippen molar-refractivity contribution in [1.82, 2.24) is 9.20 Å². The topological polar surface area (TPSA) is 41.6 Å². The smallest absolute Gasteiger partial charge is 0.410 e. The SMILES string of the molecule is CC(C)(C)OC(=O)N1CCC2(CC2)C[C@H]1C[NH][AlH2]. The average molecular weight is 268 g/mol. The van der Waals surface area contributed by atoms with Crippen molar-refractivity contribution in [3.8, 4) is 0 Å². The van der Waals surface area contributed by atoms with Gasteiger partial charge in [-0.05, 0) is 58.4 Å². The molecule has 1 N–H and O–H groups in total. The van der Waals surface area contributed by atoms with E-state index in [0.717, 1.165) is 42.4 Å². The monoisotopic (exact) mass is 268 g/mol. The third kappa shape index (κ3) is 3.40. The van der Waals surface area contributed by atoms with Gasteiger partial charge in [-0.25, -0.2) is 4.79 Å². The van der Waals surface area contributed by atoms with Gasteiger partial charge in [-0.15, -0.1) is 0 Å². The van der Waals surface area contributed by atoms with Crippen molar-refractivity contribution in [2.24, 2.45) is 5.41 Å². The summed E-state index contributed by atoms with van der Waals surface area (Å²) in [6, 6.07) is 0.327. The Bertz CT molecular complexity index is 323. The van der Waals surface area contributed by atoms with Crippen LogP contribution in [0, 0.1) is 5.41 Å². The molecular formula is C13H25AlN2O2.